The fourth-order valence-corrected chi connectivity index (χ4v) is 10.2. The summed E-state index contributed by atoms with van der Waals surface area (Å²) in [6.45, 7) is 1.02. The summed E-state index contributed by atoms with van der Waals surface area (Å²) in [5, 5.41) is 13.9. The minimum Gasteiger partial charge on any atom is -0.497 e. The molecule has 0 saturated heterocycles. The maximum Gasteiger partial charge on any atom is 0.490 e. The summed E-state index contributed by atoms with van der Waals surface area (Å²) in [6, 6.07) is 52.7. The number of hydrogen-bond donors (Lipinski definition) is 5. The molecule has 0 saturated carbocycles. The summed E-state index contributed by atoms with van der Waals surface area (Å²) in [5.41, 5.74) is 25.4. The van der Waals surface area contributed by atoms with Crippen LogP contribution in [0.1, 0.15) is 21.5 Å². The summed E-state index contributed by atoms with van der Waals surface area (Å²) in [7, 11) is 2.28. The number of carbonyl (C=O) groups excluding carboxylic acids is 1. The predicted molar refractivity (Wildman–Crippen MR) is 296 cm³/mol. The smallest absolute Gasteiger partial charge is 0.490 e. The fraction of sp³-hybridized carbons (Fsp3) is 0.153. The van der Waals surface area contributed by atoms with Crippen molar-refractivity contribution in [3.63, 3.8) is 0 Å². The second-order valence-corrected chi connectivity index (χ2v) is 18.9. The predicted octanol–water partition coefficient (Wildman–Crippen LogP) is 11.1. The van der Waals surface area contributed by atoms with Crippen molar-refractivity contribution >= 4 is 65.3 Å². The van der Waals surface area contributed by atoms with Crippen molar-refractivity contribution < 1.29 is 55.2 Å². The van der Waals surface area contributed by atoms with Crippen LogP contribution in [0.4, 0.5) is 13.2 Å². The molecule has 0 spiro atoms. The van der Waals surface area contributed by atoms with E-state index < -0.39 is 28.1 Å². The van der Waals surface area contributed by atoms with Crippen molar-refractivity contribution in [3.8, 4) is 45.4 Å². The Morgan fingerprint density at radius 3 is 1.86 bits per heavy atom. The standard InChI is InChI=1S/C28H26N2O4S.C21H20N2O.C8H9NO2.C2HF3O2/c1-33-21-11-13-22(14-12-21)35(31,32)30-27-15-10-20(18-26(27)25(16-17-29)28(30)34-2)24-9-5-7-19-6-3-4-8-23(19)24;1-24-19-6-4-15-10-14(2-3-16(15)11-19)17-5-7-21-20(12-17)18(8-9-22)13-23-21;1-11-7-5-3-2-4-6(7)8(9)10;3-2(4,5)1(6)7/h3-15,18H,16-17,29H2,1-2H3;2-7,10-13,23H,8-9,22H2,1H3;2-5H,1H3,(H2,9,10);(H,6,7). The number of aliphatic carboxylic acids is 1. The second kappa shape index (κ2) is 24.7. The second-order valence-electron chi connectivity index (χ2n) is 17.1. The number of aromatic nitrogens is 2. The lowest BCUT2D eigenvalue weighted by molar-refractivity contribution is -0.192. The molecule has 2 aromatic heterocycles. The number of nitrogens with two attached hydrogens (primary N) is 3. The van der Waals surface area contributed by atoms with Gasteiger partial charge in [-0.15, -0.1) is 0 Å². The third-order valence-corrected chi connectivity index (χ3v) is 14.2. The number of ether oxygens (including phenoxy) is 4. The largest absolute Gasteiger partial charge is 0.497 e. The summed E-state index contributed by atoms with van der Waals surface area (Å²) in [6.07, 6.45) is -1.65. The number of primary amides is 1. The first kappa shape index (κ1) is 55.9. The molecule has 0 atom stereocenters. The molecule has 14 nitrogen and oxygen atoms in total. The van der Waals surface area contributed by atoms with Gasteiger partial charge in [-0.05, 0) is 154 Å². The quantitative estimate of drug-likeness (QED) is 0.0730. The Labute approximate surface area is 442 Å². The van der Waals surface area contributed by atoms with Crippen molar-refractivity contribution in [2.45, 2.75) is 23.9 Å². The maximum absolute atomic E-state index is 13.8. The van der Waals surface area contributed by atoms with Crippen molar-refractivity contribution in [1.29, 1.82) is 0 Å². The number of para-hydroxylation sites is 1. The molecule has 2 heterocycles. The first-order valence-electron chi connectivity index (χ1n) is 23.9. The molecular weight excluding hydrogens is 1010 g/mol. The van der Waals surface area contributed by atoms with Crippen molar-refractivity contribution in [3.05, 3.63) is 187 Å². The van der Waals surface area contributed by atoms with Crippen molar-refractivity contribution in [2.24, 2.45) is 17.2 Å². The number of hydrogen-bond acceptors (Lipinski definition) is 10. The summed E-state index contributed by atoms with van der Waals surface area (Å²) >= 11 is 0. The van der Waals surface area contributed by atoms with Crippen LogP contribution >= 0.6 is 0 Å². The third kappa shape index (κ3) is 12.6. The highest BCUT2D eigenvalue weighted by Crippen LogP contribution is 2.40. The van der Waals surface area contributed by atoms with E-state index in [0.29, 0.717) is 42.1 Å². The van der Waals surface area contributed by atoms with Crippen LogP contribution in [0.25, 0.3) is 65.6 Å². The van der Waals surface area contributed by atoms with Gasteiger partial charge in [0, 0.05) is 28.0 Å². The van der Waals surface area contributed by atoms with E-state index in [2.05, 4.69) is 84.0 Å². The first-order chi connectivity index (χ1) is 37.0. The van der Waals surface area contributed by atoms with Gasteiger partial charge < -0.3 is 46.2 Å². The highest BCUT2D eigenvalue weighted by atomic mass is 32.2. The SMILES string of the molecule is COc1ccc(S(=O)(=O)n2c(OC)c(CCN)c3cc(-c4cccc5ccccc45)ccc32)cc1.COc1ccc2cc(-c3ccc4[nH]cc(CCN)c4c3)ccc2c1.COc1ccccc1C(N)=O.O=C(O)C(F)(F)F. The number of aromatic amines is 1. The molecule has 18 heteroatoms. The van der Waals surface area contributed by atoms with Gasteiger partial charge in [-0.2, -0.15) is 13.2 Å². The molecule has 0 radical (unpaired) electrons. The molecule has 10 aromatic rings. The van der Waals surface area contributed by atoms with Crippen LogP contribution in [-0.2, 0) is 27.7 Å². The maximum atomic E-state index is 13.8. The average Bonchev–Trinajstić information content (AvgIpc) is 4.18. The van der Waals surface area contributed by atoms with Gasteiger partial charge in [0.25, 0.3) is 15.9 Å². The number of nitrogens with zero attached hydrogens (tertiary/aromatic N) is 1. The minimum absolute atomic E-state index is 0.144. The number of halogens is 3. The molecule has 1 amide bonds. The van der Waals surface area contributed by atoms with Gasteiger partial charge in [0.2, 0.25) is 5.88 Å². The highest BCUT2D eigenvalue weighted by Gasteiger charge is 2.38. The molecule has 77 heavy (non-hydrogen) atoms. The summed E-state index contributed by atoms with van der Waals surface area (Å²) in [4.78, 5) is 23.1. The number of amides is 1. The summed E-state index contributed by atoms with van der Waals surface area (Å²) in [5.74, 6) is -0.974. The normalized spacial score (nSPS) is 11.2. The van der Waals surface area contributed by atoms with Gasteiger partial charge in [-0.3, -0.25) is 4.79 Å². The first-order valence-corrected chi connectivity index (χ1v) is 25.3. The van der Waals surface area contributed by atoms with Crippen LogP contribution in [0, 0.1) is 0 Å². The van der Waals surface area contributed by atoms with Crippen LogP contribution in [0.3, 0.4) is 0 Å². The lowest BCUT2D eigenvalue weighted by Gasteiger charge is -2.12. The molecule has 0 unspecified atom stereocenters. The number of rotatable bonds is 13. The van der Waals surface area contributed by atoms with Gasteiger partial charge in [-0.25, -0.2) is 17.2 Å². The lowest BCUT2D eigenvalue weighted by Crippen LogP contribution is -2.21. The van der Waals surface area contributed by atoms with Crippen LogP contribution < -0.4 is 36.1 Å². The molecule has 8 N–H and O–H groups in total. The third-order valence-electron chi connectivity index (χ3n) is 12.4. The number of carboxylic acid groups (broad SMARTS) is 1. The number of fused-ring (bicyclic) bond motifs is 4. The zero-order valence-electron chi connectivity index (χ0n) is 42.4. The van der Waals surface area contributed by atoms with Gasteiger partial charge in [-0.1, -0.05) is 84.9 Å². The fourth-order valence-electron chi connectivity index (χ4n) is 8.73. The van der Waals surface area contributed by atoms with Crippen LogP contribution in [0.2, 0.25) is 0 Å². The van der Waals surface area contributed by atoms with Crippen molar-refractivity contribution in [1.82, 2.24) is 8.96 Å². The van der Waals surface area contributed by atoms with E-state index in [4.69, 9.17) is 46.0 Å². The Bertz CT molecular complexity index is 3820. The van der Waals surface area contributed by atoms with Gasteiger partial charge in [0.15, 0.2) is 0 Å². The van der Waals surface area contributed by atoms with E-state index in [1.165, 1.54) is 63.2 Å². The van der Waals surface area contributed by atoms with E-state index in [1.807, 2.05) is 42.5 Å². The monoisotopic (exact) mass is 1070 g/mol. The molecule has 0 fully saturated rings. The van der Waals surface area contributed by atoms with Gasteiger partial charge >= 0.3 is 12.1 Å². The number of alkyl halides is 3. The van der Waals surface area contributed by atoms with E-state index in [9.17, 15) is 26.4 Å². The van der Waals surface area contributed by atoms with E-state index >= 15 is 0 Å². The minimum atomic E-state index is -5.08. The number of nitrogens with one attached hydrogen (secondary N) is 1. The number of benzene rings is 8. The molecular formula is C59H56F3N5O9S. The molecule has 8 aromatic carbocycles. The van der Waals surface area contributed by atoms with E-state index in [1.54, 1.807) is 50.6 Å². The number of H-pyrrole nitrogens is 1. The Hall–Kier alpha value is -8.84. The van der Waals surface area contributed by atoms with E-state index in [0.717, 1.165) is 50.5 Å². The molecule has 398 valence electrons. The number of methoxy groups -OCH3 is 4. The Kier molecular flexibility index (Phi) is 17.9. The Balaban J connectivity index is 0.000000175. The lowest BCUT2D eigenvalue weighted by atomic mass is 9.96. The molecule has 0 aliphatic rings. The van der Waals surface area contributed by atoms with Crippen molar-refractivity contribution in [2.75, 3.05) is 41.5 Å². The molecule has 0 aliphatic carbocycles. The van der Waals surface area contributed by atoms with E-state index in [-0.39, 0.29) is 10.8 Å². The number of carboxylic acids is 1. The van der Waals surface area contributed by atoms with Crippen LogP contribution in [0.15, 0.2) is 175 Å². The van der Waals surface area contributed by atoms with Gasteiger partial charge in [0.1, 0.15) is 17.2 Å². The zero-order chi connectivity index (χ0) is 55.4. The molecule has 0 bridgehead atoms. The van der Waals surface area contributed by atoms with Crippen LogP contribution in [0.5, 0.6) is 23.1 Å². The number of carbonyl (C=O) groups is 2. The topological polar surface area (TPSA) is 224 Å². The van der Waals surface area contributed by atoms with Crippen LogP contribution in [-0.4, -0.2) is 82.1 Å². The summed E-state index contributed by atoms with van der Waals surface area (Å²) < 4.78 is 81.7. The Morgan fingerprint density at radius 1 is 0.610 bits per heavy atom. The zero-order valence-corrected chi connectivity index (χ0v) is 43.2. The average molecular weight is 1070 g/mol. The van der Waals surface area contributed by atoms with Gasteiger partial charge in [0.05, 0.1) is 44.4 Å². The molecule has 10 rings (SSSR count). The molecule has 0 aliphatic heterocycles. The highest BCUT2D eigenvalue weighted by molar-refractivity contribution is 7.90. The Morgan fingerprint density at radius 2 is 1.21 bits per heavy atom.